The summed E-state index contributed by atoms with van der Waals surface area (Å²) in [5.41, 5.74) is 5.55. The Hall–Kier alpha value is -0.620. The number of carboxylic acids is 1. The van der Waals surface area contributed by atoms with Crippen molar-refractivity contribution in [2.45, 2.75) is 31.4 Å². The number of hydrogen-bond donors (Lipinski definition) is 2. The van der Waals surface area contributed by atoms with Gasteiger partial charge in [-0.2, -0.15) is 0 Å². The van der Waals surface area contributed by atoms with E-state index in [9.17, 15) is 13.2 Å². The smallest absolute Gasteiger partial charge is 0.303 e. The van der Waals surface area contributed by atoms with Gasteiger partial charge in [0.05, 0.1) is 10.5 Å². The van der Waals surface area contributed by atoms with E-state index < -0.39 is 20.6 Å². The molecule has 0 aromatic rings. The van der Waals surface area contributed by atoms with Gasteiger partial charge in [-0.05, 0) is 38.6 Å². The molecule has 2 unspecified atom stereocenters. The summed E-state index contributed by atoms with van der Waals surface area (Å²) in [4.78, 5) is 10.7. The minimum absolute atomic E-state index is 0.0554. The molecule has 1 aliphatic heterocycles. The fourth-order valence-corrected chi connectivity index (χ4v) is 4.40. The van der Waals surface area contributed by atoms with Gasteiger partial charge in [-0.25, -0.2) is 8.42 Å². The first kappa shape index (κ1) is 13.4. The molecule has 0 radical (unpaired) electrons. The molecule has 5 nitrogen and oxygen atoms in total. The van der Waals surface area contributed by atoms with Crippen molar-refractivity contribution in [3.63, 3.8) is 0 Å². The van der Waals surface area contributed by atoms with Crippen molar-refractivity contribution in [3.05, 3.63) is 0 Å². The Morgan fingerprint density at radius 3 is 2.44 bits per heavy atom. The molecule has 0 bridgehead atoms. The lowest BCUT2D eigenvalue weighted by Crippen LogP contribution is -2.40. The zero-order chi connectivity index (χ0) is 12.6. The molecular weight excluding hydrogens is 230 g/mol. The SMILES string of the molecule is CC1(C)C(C(CN)CC(=O)O)CCS1(=O)=O. The van der Waals surface area contributed by atoms with E-state index in [1.807, 2.05) is 0 Å². The maximum Gasteiger partial charge on any atom is 0.303 e. The molecule has 1 rings (SSSR count). The van der Waals surface area contributed by atoms with Gasteiger partial charge in [-0.1, -0.05) is 0 Å². The predicted molar refractivity (Wildman–Crippen MR) is 60.8 cm³/mol. The molecule has 3 N–H and O–H groups in total. The normalized spacial score (nSPS) is 28.8. The van der Waals surface area contributed by atoms with Crippen molar-refractivity contribution in [2.24, 2.45) is 17.6 Å². The van der Waals surface area contributed by atoms with E-state index in [2.05, 4.69) is 0 Å². The minimum Gasteiger partial charge on any atom is -0.481 e. The van der Waals surface area contributed by atoms with Gasteiger partial charge in [0.1, 0.15) is 0 Å². The van der Waals surface area contributed by atoms with Crippen molar-refractivity contribution in [3.8, 4) is 0 Å². The first-order valence-corrected chi connectivity index (χ1v) is 7.01. The second kappa shape index (κ2) is 4.33. The summed E-state index contributed by atoms with van der Waals surface area (Å²) in [7, 11) is -3.11. The highest BCUT2D eigenvalue weighted by Gasteiger charge is 2.50. The van der Waals surface area contributed by atoms with E-state index in [4.69, 9.17) is 10.8 Å². The summed E-state index contributed by atoms with van der Waals surface area (Å²) in [6, 6.07) is 0. The lowest BCUT2D eigenvalue weighted by atomic mass is 9.79. The van der Waals surface area contributed by atoms with Crippen molar-refractivity contribution < 1.29 is 18.3 Å². The molecule has 1 fully saturated rings. The van der Waals surface area contributed by atoms with Crippen LogP contribution in [0.4, 0.5) is 0 Å². The van der Waals surface area contributed by atoms with Gasteiger partial charge >= 0.3 is 5.97 Å². The summed E-state index contributed by atoms with van der Waals surface area (Å²) in [6.07, 6.45) is 0.463. The lowest BCUT2D eigenvalue weighted by Gasteiger charge is -2.31. The van der Waals surface area contributed by atoms with Gasteiger partial charge in [-0.3, -0.25) is 4.79 Å². The highest BCUT2D eigenvalue weighted by Crippen LogP contribution is 2.42. The second-order valence-corrected chi connectivity index (χ2v) is 7.60. The summed E-state index contributed by atoms with van der Waals surface area (Å²) in [6.45, 7) is 3.56. The molecule has 0 amide bonds. The molecule has 2 atom stereocenters. The number of carbonyl (C=O) groups is 1. The van der Waals surface area contributed by atoms with Gasteiger partial charge < -0.3 is 10.8 Å². The molecule has 0 spiro atoms. The minimum atomic E-state index is -3.11. The van der Waals surface area contributed by atoms with Crippen LogP contribution in [0.2, 0.25) is 0 Å². The van der Waals surface area contributed by atoms with E-state index in [1.54, 1.807) is 13.8 Å². The Morgan fingerprint density at radius 2 is 2.12 bits per heavy atom. The van der Waals surface area contributed by atoms with E-state index in [-0.39, 0.29) is 30.6 Å². The third kappa shape index (κ3) is 2.22. The number of hydrogen-bond acceptors (Lipinski definition) is 4. The molecule has 6 heteroatoms. The van der Waals surface area contributed by atoms with Gasteiger partial charge in [-0.15, -0.1) is 0 Å². The van der Waals surface area contributed by atoms with Crippen LogP contribution in [-0.4, -0.2) is 36.5 Å². The molecule has 0 aromatic carbocycles. The summed E-state index contributed by atoms with van der Waals surface area (Å²) in [5.74, 6) is -1.19. The lowest BCUT2D eigenvalue weighted by molar-refractivity contribution is -0.138. The number of rotatable bonds is 4. The molecule has 1 saturated heterocycles. The Balaban J connectivity index is 2.93. The highest BCUT2D eigenvalue weighted by molar-refractivity contribution is 7.93. The van der Waals surface area contributed by atoms with E-state index >= 15 is 0 Å². The Morgan fingerprint density at radius 1 is 1.56 bits per heavy atom. The van der Waals surface area contributed by atoms with Crippen molar-refractivity contribution in [1.29, 1.82) is 0 Å². The highest BCUT2D eigenvalue weighted by atomic mass is 32.2. The van der Waals surface area contributed by atoms with Crippen LogP contribution < -0.4 is 5.73 Å². The second-order valence-electron chi connectivity index (χ2n) is 4.91. The molecule has 1 aliphatic rings. The number of nitrogens with two attached hydrogens (primary N) is 1. The zero-order valence-electron chi connectivity index (χ0n) is 9.64. The van der Waals surface area contributed by atoms with Crippen LogP contribution in [0.5, 0.6) is 0 Å². The summed E-state index contributed by atoms with van der Waals surface area (Å²) in [5, 5.41) is 8.77. The van der Waals surface area contributed by atoms with Gasteiger partial charge in [0.15, 0.2) is 9.84 Å². The molecular formula is C10H19NO4S. The molecule has 0 aromatic heterocycles. The van der Waals surface area contributed by atoms with Crippen molar-refractivity contribution in [2.75, 3.05) is 12.3 Å². The Kier molecular flexibility index (Phi) is 3.64. The molecule has 0 aliphatic carbocycles. The van der Waals surface area contributed by atoms with Gasteiger partial charge in [0.25, 0.3) is 0 Å². The van der Waals surface area contributed by atoms with Crippen LogP contribution in [0, 0.1) is 11.8 Å². The Bertz CT molecular complexity index is 374. The zero-order valence-corrected chi connectivity index (χ0v) is 10.5. The average Bonchev–Trinajstić information content (AvgIpc) is 2.34. The molecule has 16 heavy (non-hydrogen) atoms. The van der Waals surface area contributed by atoms with Crippen LogP contribution in [0.25, 0.3) is 0 Å². The maximum atomic E-state index is 11.8. The fraction of sp³-hybridized carbons (Fsp3) is 0.900. The maximum absolute atomic E-state index is 11.8. The van der Waals surface area contributed by atoms with Crippen LogP contribution in [0.15, 0.2) is 0 Å². The number of carboxylic acid groups (broad SMARTS) is 1. The van der Waals surface area contributed by atoms with Gasteiger partial charge in [0.2, 0.25) is 0 Å². The van der Waals surface area contributed by atoms with Crippen LogP contribution in [0.3, 0.4) is 0 Å². The van der Waals surface area contributed by atoms with E-state index in [0.29, 0.717) is 6.42 Å². The summed E-state index contributed by atoms with van der Waals surface area (Å²) >= 11 is 0. The fourth-order valence-electron chi connectivity index (χ4n) is 2.54. The van der Waals surface area contributed by atoms with Crippen LogP contribution >= 0.6 is 0 Å². The number of aliphatic carboxylic acids is 1. The largest absolute Gasteiger partial charge is 0.481 e. The molecule has 1 heterocycles. The standard InChI is InChI=1S/C10H19NO4S/c1-10(2)8(3-4-16(10,14)15)7(6-11)5-9(12)13/h7-8H,3-6,11H2,1-2H3,(H,12,13). The quantitative estimate of drug-likeness (QED) is 0.744. The average molecular weight is 249 g/mol. The van der Waals surface area contributed by atoms with Gasteiger partial charge in [0, 0.05) is 6.42 Å². The van der Waals surface area contributed by atoms with Crippen LogP contribution in [-0.2, 0) is 14.6 Å². The van der Waals surface area contributed by atoms with E-state index in [0.717, 1.165) is 0 Å². The monoisotopic (exact) mass is 249 g/mol. The van der Waals surface area contributed by atoms with E-state index in [1.165, 1.54) is 0 Å². The first-order valence-electron chi connectivity index (χ1n) is 5.36. The number of sulfone groups is 1. The molecule has 94 valence electrons. The predicted octanol–water partition coefficient (Wildman–Crippen LogP) is 0.249. The van der Waals surface area contributed by atoms with Crippen molar-refractivity contribution >= 4 is 15.8 Å². The van der Waals surface area contributed by atoms with Crippen molar-refractivity contribution in [1.82, 2.24) is 0 Å². The Labute approximate surface area is 95.9 Å². The third-order valence-electron chi connectivity index (χ3n) is 3.70. The third-order valence-corrected chi connectivity index (χ3v) is 6.38. The topological polar surface area (TPSA) is 97.5 Å². The molecule has 0 saturated carbocycles. The van der Waals surface area contributed by atoms with Crippen LogP contribution in [0.1, 0.15) is 26.7 Å². The summed E-state index contributed by atoms with van der Waals surface area (Å²) < 4.78 is 22.8. The first-order chi connectivity index (χ1) is 7.22.